The van der Waals surface area contributed by atoms with Crippen molar-refractivity contribution < 1.29 is 27.7 Å². The van der Waals surface area contributed by atoms with Gasteiger partial charge < -0.3 is 29.6 Å². The van der Waals surface area contributed by atoms with Crippen LogP contribution in [0.1, 0.15) is 19.5 Å². The van der Waals surface area contributed by atoms with Crippen molar-refractivity contribution in [1.29, 1.82) is 0 Å². The van der Waals surface area contributed by atoms with Crippen LogP contribution in [0.3, 0.4) is 0 Å². The maximum atomic E-state index is 11.7. The van der Waals surface area contributed by atoms with Crippen LogP contribution in [0.25, 0.3) is 17.0 Å². The van der Waals surface area contributed by atoms with Gasteiger partial charge in [-0.3, -0.25) is 0 Å². The van der Waals surface area contributed by atoms with Gasteiger partial charge in [0.2, 0.25) is 0 Å². The maximum Gasteiger partial charge on any atom is 0.192 e. The maximum absolute atomic E-state index is 11.7. The molecular formula is C26H31N3O6S. The summed E-state index contributed by atoms with van der Waals surface area (Å²) in [4.78, 5) is 7.42. The standard InChI is InChI=1S/C26H31N3O6S/c1-16-9-24(29-25(16)14-30)23-7-6-22(28-23)18-10-20(34-17(2)15-33-3)12-21(11-18)35-19-5-8-26(27-13-19)36(4,31)32/h5-13,16-17,25,28-30H,14-15H2,1-4H3/t16-,17+,25+/m1/s1. The van der Waals surface area contributed by atoms with Gasteiger partial charge in [-0.25, -0.2) is 13.4 Å². The average Bonchev–Trinajstić information content (AvgIpc) is 3.45. The van der Waals surface area contributed by atoms with E-state index >= 15 is 0 Å². The molecule has 1 aliphatic heterocycles. The molecular weight excluding hydrogens is 482 g/mol. The summed E-state index contributed by atoms with van der Waals surface area (Å²) in [5.74, 6) is 1.71. The molecule has 3 heterocycles. The van der Waals surface area contributed by atoms with Gasteiger partial charge in [-0.2, -0.15) is 0 Å². The second-order valence-electron chi connectivity index (χ2n) is 8.94. The monoisotopic (exact) mass is 513 g/mol. The predicted molar refractivity (Wildman–Crippen MR) is 137 cm³/mol. The zero-order valence-corrected chi connectivity index (χ0v) is 21.5. The number of aliphatic hydroxyl groups is 1. The largest absolute Gasteiger partial charge is 0.488 e. The number of ether oxygens (including phenoxy) is 3. The predicted octanol–water partition coefficient (Wildman–Crippen LogP) is 3.63. The summed E-state index contributed by atoms with van der Waals surface area (Å²) in [5.41, 5.74) is 3.55. The first kappa shape index (κ1) is 25.7. The Kier molecular flexibility index (Phi) is 7.67. The number of sulfone groups is 1. The van der Waals surface area contributed by atoms with Crippen LogP contribution in [0.4, 0.5) is 0 Å². The summed E-state index contributed by atoms with van der Waals surface area (Å²) in [5, 5.41) is 12.9. The highest BCUT2D eigenvalue weighted by molar-refractivity contribution is 7.90. The van der Waals surface area contributed by atoms with Gasteiger partial charge in [0.25, 0.3) is 0 Å². The van der Waals surface area contributed by atoms with E-state index in [1.54, 1.807) is 19.2 Å². The lowest BCUT2D eigenvalue weighted by Crippen LogP contribution is -2.30. The number of aromatic amines is 1. The normalized spacial score (nSPS) is 18.4. The van der Waals surface area contributed by atoms with E-state index in [2.05, 4.69) is 28.3 Å². The summed E-state index contributed by atoms with van der Waals surface area (Å²) in [6, 6.07) is 12.5. The highest BCUT2D eigenvalue weighted by Gasteiger charge is 2.24. The number of hydrogen-bond acceptors (Lipinski definition) is 8. The highest BCUT2D eigenvalue weighted by atomic mass is 32.2. The molecule has 1 aromatic carbocycles. The lowest BCUT2D eigenvalue weighted by Gasteiger charge is -2.16. The van der Waals surface area contributed by atoms with Crippen molar-refractivity contribution in [2.24, 2.45) is 5.92 Å². The van der Waals surface area contributed by atoms with Gasteiger partial charge in [-0.05, 0) is 49.2 Å². The number of aromatic nitrogens is 2. The fraction of sp³-hybridized carbons (Fsp3) is 0.346. The van der Waals surface area contributed by atoms with Crippen molar-refractivity contribution in [3.8, 4) is 28.5 Å². The molecule has 0 fully saturated rings. The van der Waals surface area contributed by atoms with E-state index in [0.717, 1.165) is 28.9 Å². The molecule has 3 atom stereocenters. The van der Waals surface area contributed by atoms with Crippen LogP contribution in [0, 0.1) is 5.92 Å². The van der Waals surface area contributed by atoms with Gasteiger partial charge in [0.1, 0.15) is 23.4 Å². The molecule has 36 heavy (non-hydrogen) atoms. The fourth-order valence-electron chi connectivity index (χ4n) is 4.00. The van der Waals surface area contributed by atoms with Crippen LogP contribution in [0.2, 0.25) is 0 Å². The summed E-state index contributed by atoms with van der Waals surface area (Å²) in [6.07, 6.45) is 4.40. The van der Waals surface area contributed by atoms with Crippen molar-refractivity contribution >= 4 is 15.5 Å². The molecule has 192 valence electrons. The Balaban J connectivity index is 1.63. The van der Waals surface area contributed by atoms with E-state index in [-0.39, 0.29) is 29.7 Å². The van der Waals surface area contributed by atoms with Crippen LogP contribution in [-0.4, -0.2) is 62.2 Å². The highest BCUT2D eigenvalue weighted by Crippen LogP contribution is 2.34. The van der Waals surface area contributed by atoms with E-state index in [1.807, 2.05) is 31.2 Å². The van der Waals surface area contributed by atoms with Crippen LogP contribution in [0.5, 0.6) is 17.2 Å². The van der Waals surface area contributed by atoms with Crippen molar-refractivity contribution in [2.75, 3.05) is 26.6 Å². The first-order chi connectivity index (χ1) is 17.2. The molecule has 3 aromatic rings. The Morgan fingerprint density at radius 2 is 1.83 bits per heavy atom. The van der Waals surface area contributed by atoms with Crippen LogP contribution in [0.15, 0.2) is 59.8 Å². The number of methoxy groups -OCH3 is 1. The SMILES string of the molecule is COC[C@H](C)Oc1cc(Oc2ccc(S(C)(=O)=O)nc2)cc(-c2ccc(C3=C[C@@H](C)[C@H](CO)N3)[nH]2)c1. The zero-order chi connectivity index (χ0) is 25.9. The molecule has 0 aliphatic carbocycles. The van der Waals surface area contributed by atoms with Gasteiger partial charge in [0, 0.05) is 30.7 Å². The van der Waals surface area contributed by atoms with Crippen LogP contribution >= 0.6 is 0 Å². The molecule has 0 saturated heterocycles. The molecule has 0 radical (unpaired) electrons. The van der Waals surface area contributed by atoms with Gasteiger partial charge in [-0.15, -0.1) is 0 Å². The molecule has 9 nitrogen and oxygen atoms in total. The number of nitrogens with zero attached hydrogens (tertiary/aromatic N) is 1. The van der Waals surface area contributed by atoms with Crippen molar-refractivity contribution in [1.82, 2.24) is 15.3 Å². The summed E-state index contributed by atoms with van der Waals surface area (Å²) in [6.45, 7) is 4.46. The Bertz CT molecular complexity index is 1330. The molecule has 3 N–H and O–H groups in total. The summed E-state index contributed by atoms with van der Waals surface area (Å²) < 4.78 is 40.6. The third-order valence-electron chi connectivity index (χ3n) is 5.83. The molecule has 2 aromatic heterocycles. The number of nitrogens with one attached hydrogen (secondary N) is 2. The molecule has 0 saturated carbocycles. The smallest absolute Gasteiger partial charge is 0.192 e. The lowest BCUT2D eigenvalue weighted by molar-refractivity contribution is 0.0920. The third kappa shape index (κ3) is 6.07. The number of rotatable bonds is 10. The van der Waals surface area contributed by atoms with Gasteiger partial charge in [-0.1, -0.05) is 13.0 Å². The lowest BCUT2D eigenvalue weighted by atomic mass is 10.1. The topological polar surface area (TPSA) is 123 Å². The number of H-pyrrole nitrogens is 1. The Labute approximate surface area is 211 Å². The Morgan fingerprint density at radius 3 is 2.47 bits per heavy atom. The molecule has 0 unspecified atom stereocenters. The van der Waals surface area contributed by atoms with Crippen molar-refractivity contribution in [3.63, 3.8) is 0 Å². The number of pyridine rings is 1. The van der Waals surface area contributed by atoms with E-state index < -0.39 is 9.84 Å². The molecule has 0 bridgehead atoms. The van der Waals surface area contributed by atoms with E-state index in [4.69, 9.17) is 14.2 Å². The van der Waals surface area contributed by atoms with Gasteiger partial charge >= 0.3 is 0 Å². The van der Waals surface area contributed by atoms with Crippen LogP contribution < -0.4 is 14.8 Å². The third-order valence-corrected chi connectivity index (χ3v) is 6.83. The Hall–Kier alpha value is -3.34. The van der Waals surface area contributed by atoms with E-state index in [0.29, 0.717) is 23.9 Å². The van der Waals surface area contributed by atoms with Gasteiger partial charge in [0.15, 0.2) is 14.9 Å². The molecule has 4 rings (SSSR count). The van der Waals surface area contributed by atoms with E-state index in [9.17, 15) is 13.5 Å². The minimum atomic E-state index is -3.40. The number of benzene rings is 1. The first-order valence-electron chi connectivity index (χ1n) is 11.6. The molecule has 10 heteroatoms. The minimum absolute atomic E-state index is 0.00607. The second-order valence-corrected chi connectivity index (χ2v) is 10.9. The first-order valence-corrected chi connectivity index (χ1v) is 13.5. The fourth-order valence-corrected chi connectivity index (χ4v) is 4.56. The van der Waals surface area contributed by atoms with Crippen molar-refractivity contribution in [2.45, 2.75) is 31.0 Å². The van der Waals surface area contributed by atoms with E-state index in [1.165, 1.54) is 12.3 Å². The molecule has 0 amide bonds. The van der Waals surface area contributed by atoms with Crippen LogP contribution in [-0.2, 0) is 14.6 Å². The zero-order valence-electron chi connectivity index (χ0n) is 20.7. The molecule has 0 spiro atoms. The number of hydrogen-bond donors (Lipinski definition) is 3. The minimum Gasteiger partial charge on any atom is -0.488 e. The summed E-state index contributed by atoms with van der Waals surface area (Å²) in [7, 11) is -1.78. The number of aliphatic hydroxyl groups excluding tert-OH is 1. The van der Waals surface area contributed by atoms with Gasteiger partial charge in [0.05, 0.1) is 36.8 Å². The Morgan fingerprint density at radius 1 is 1.08 bits per heavy atom. The van der Waals surface area contributed by atoms with Crippen molar-refractivity contribution in [3.05, 3.63) is 60.4 Å². The summed E-state index contributed by atoms with van der Waals surface area (Å²) >= 11 is 0. The molecule has 1 aliphatic rings. The second kappa shape index (κ2) is 10.7. The quantitative estimate of drug-likeness (QED) is 0.376. The average molecular weight is 514 g/mol.